The second-order valence-corrected chi connectivity index (χ2v) is 7.82. The van der Waals surface area contributed by atoms with Crippen LogP contribution in [0.1, 0.15) is 36.7 Å². The van der Waals surface area contributed by atoms with Crippen LogP contribution >= 0.6 is 34.8 Å². The van der Waals surface area contributed by atoms with E-state index < -0.39 is 9.58 Å². The zero-order valence-electron chi connectivity index (χ0n) is 10.9. The van der Waals surface area contributed by atoms with Gasteiger partial charge < -0.3 is 4.98 Å². The molecule has 0 amide bonds. The number of hydrogen-bond acceptors (Lipinski definition) is 1. The van der Waals surface area contributed by atoms with Crippen molar-refractivity contribution in [2.45, 2.75) is 30.0 Å². The molecule has 19 heavy (non-hydrogen) atoms. The highest BCUT2D eigenvalue weighted by Crippen LogP contribution is 2.34. The Morgan fingerprint density at radius 1 is 1.16 bits per heavy atom. The molecule has 0 bridgehead atoms. The van der Waals surface area contributed by atoms with Crippen molar-refractivity contribution >= 4 is 51.5 Å². The largest absolute Gasteiger partial charge is 0.360 e. The maximum atomic E-state index is 12.1. The van der Waals surface area contributed by atoms with Gasteiger partial charge in [0.2, 0.25) is 5.78 Å². The number of aromatic amines is 1. The van der Waals surface area contributed by atoms with Crippen molar-refractivity contribution < 1.29 is 4.79 Å². The lowest BCUT2D eigenvalue weighted by Gasteiger charge is -2.19. The van der Waals surface area contributed by atoms with Gasteiger partial charge in [-0.25, -0.2) is 0 Å². The minimum Gasteiger partial charge on any atom is -0.360 e. The number of hydrogen-bond donors (Lipinski definition) is 1. The lowest BCUT2D eigenvalue weighted by atomic mass is 9.86. The van der Waals surface area contributed by atoms with E-state index in [1.54, 1.807) is 6.20 Å². The quantitative estimate of drug-likeness (QED) is 0.581. The van der Waals surface area contributed by atoms with E-state index in [1.165, 1.54) is 0 Å². The Kier molecular flexibility index (Phi) is 3.63. The summed E-state index contributed by atoms with van der Waals surface area (Å²) in [5.41, 5.74) is 2.37. The molecule has 2 nitrogen and oxygen atoms in total. The number of alkyl halides is 3. The fourth-order valence-electron chi connectivity index (χ4n) is 1.93. The van der Waals surface area contributed by atoms with Crippen LogP contribution in [0.4, 0.5) is 0 Å². The first-order chi connectivity index (χ1) is 8.60. The lowest BCUT2D eigenvalue weighted by Crippen LogP contribution is -2.18. The van der Waals surface area contributed by atoms with Crippen LogP contribution < -0.4 is 0 Å². The Balaban J connectivity index is 2.62. The summed E-state index contributed by atoms with van der Waals surface area (Å²) in [5, 5.41) is 0.781. The highest BCUT2D eigenvalue weighted by molar-refractivity contribution is 6.77. The fraction of sp³-hybridized carbons (Fsp3) is 0.357. The molecule has 0 aliphatic heterocycles. The van der Waals surface area contributed by atoms with Crippen LogP contribution in [0.5, 0.6) is 0 Å². The smallest absolute Gasteiger partial charge is 0.253 e. The molecular formula is C14H14Cl3NO. The van der Waals surface area contributed by atoms with Gasteiger partial charge in [-0.3, -0.25) is 4.79 Å². The Labute approximate surface area is 127 Å². The molecule has 2 aromatic rings. The normalized spacial score (nSPS) is 12.9. The number of ketones is 1. The molecule has 0 saturated carbocycles. The maximum Gasteiger partial charge on any atom is 0.253 e. The standard InChI is InChI=1S/C14H14Cl3NO/c1-13(2,3)8-4-5-11-9(6-8)10(7-18-11)12(19)14(15,16)17/h4-7,18H,1-3H3. The third-order valence-electron chi connectivity index (χ3n) is 3.05. The zero-order chi connectivity index (χ0) is 14.4. The molecule has 0 spiro atoms. The summed E-state index contributed by atoms with van der Waals surface area (Å²) in [6.07, 6.45) is 1.58. The second-order valence-electron chi connectivity index (χ2n) is 5.54. The van der Waals surface area contributed by atoms with Crippen molar-refractivity contribution in [3.63, 3.8) is 0 Å². The van der Waals surface area contributed by atoms with Crippen molar-refractivity contribution in [3.8, 4) is 0 Å². The molecule has 1 aromatic heterocycles. The molecule has 0 unspecified atom stereocenters. The van der Waals surface area contributed by atoms with Gasteiger partial charge in [0.15, 0.2) is 0 Å². The summed E-state index contributed by atoms with van der Waals surface area (Å²) in [5.74, 6) is -0.519. The van der Waals surface area contributed by atoms with E-state index in [9.17, 15) is 4.79 Å². The molecule has 0 aliphatic rings. The topological polar surface area (TPSA) is 32.9 Å². The van der Waals surface area contributed by atoms with Gasteiger partial charge in [0.25, 0.3) is 3.79 Å². The van der Waals surface area contributed by atoms with Gasteiger partial charge in [-0.05, 0) is 23.1 Å². The summed E-state index contributed by atoms with van der Waals surface area (Å²) in [6.45, 7) is 6.33. The van der Waals surface area contributed by atoms with Crippen molar-refractivity contribution in [3.05, 3.63) is 35.5 Å². The van der Waals surface area contributed by atoms with E-state index in [-0.39, 0.29) is 5.41 Å². The monoisotopic (exact) mass is 317 g/mol. The van der Waals surface area contributed by atoms with Gasteiger partial charge in [0.1, 0.15) is 0 Å². The summed E-state index contributed by atoms with van der Waals surface area (Å²) in [4.78, 5) is 15.1. The zero-order valence-corrected chi connectivity index (χ0v) is 13.1. The van der Waals surface area contributed by atoms with E-state index in [1.807, 2.05) is 18.2 Å². The Morgan fingerprint density at radius 3 is 2.32 bits per heavy atom. The van der Waals surface area contributed by atoms with Crippen LogP contribution in [0.2, 0.25) is 0 Å². The van der Waals surface area contributed by atoms with Crippen molar-refractivity contribution in [2.75, 3.05) is 0 Å². The van der Waals surface area contributed by atoms with Crippen LogP contribution in [0.15, 0.2) is 24.4 Å². The Bertz CT molecular complexity index is 632. The van der Waals surface area contributed by atoms with Crippen LogP contribution in [-0.2, 0) is 5.41 Å². The first-order valence-electron chi connectivity index (χ1n) is 5.84. The summed E-state index contributed by atoms with van der Waals surface area (Å²) in [6, 6.07) is 5.93. The van der Waals surface area contributed by atoms with E-state index in [0.29, 0.717) is 5.56 Å². The Morgan fingerprint density at radius 2 is 1.79 bits per heavy atom. The molecule has 0 aliphatic carbocycles. The van der Waals surface area contributed by atoms with Gasteiger partial charge in [-0.15, -0.1) is 0 Å². The van der Waals surface area contributed by atoms with Crippen molar-refractivity contribution in [2.24, 2.45) is 0 Å². The number of H-pyrrole nitrogens is 1. The minimum atomic E-state index is -1.94. The highest BCUT2D eigenvalue weighted by Gasteiger charge is 2.33. The molecule has 0 fully saturated rings. The predicted molar refractivity (Wildman–Crippen MR) is 81.6 cm³/mol. The molecule has 5 heteroatoms. The van der Waals surface area contributed by atoms with Crippen LogP contribution in [-0.4, -0.2) is 14.6 Å². The number of nitrogens with one attached hydrogen (secondary N) is 1. The number of Topliss-reactive ketones (excluding diaryl/α,β-unsaturated/α-hetero) is 1. The average molecular weight is 319 g/mol. The molecule has 2 rings (SSSR count). The number of carbonyl (C=O) groups excluding carboxylic acids is 1. The second kappa shape index (κ2) is 4.69. The van der Waals surface area contributed by atoms with Crippen molar-refractivity contribution in [1.82, 2.24) is 4.98 Å². The van der Waals surface area contributed by atoms with Crippen LogP contribution in [0, 0.1) is 0 Å². The molecular weight excluding hydrogens is 305 g/mol. The molecule has 1 heterocycles. The van der Waals surface area contributed by atoms with E-state index in [4.69, 9.17) is 34.8 Å². The summed E-state index contributed by atoms with van der Waals surface area (Å²) >= 11 is 17.0. The van der Waals surface area contributed by atoms with Gasteiger partial charge in [-0.2, -0.15) is 0 Å². The number of fused-ring (bicyclic) bond motifs is 1. The number of aromatic nitrogens is 1. The molecule has 0 saturated heterocycles. The number of carbonyl (C=O) groups is 1. The van der Waals surface area contributed by atoms with E-state index >= 15 is 0 Å². The average Bonchev–Trinajstić information content (AvgIpc) is 2.67. The highest BCUT2D eigenvalue weighted by atomic mass is 35.6. The number of rotatable bonds is 1. The third-order valence-corrected chi connectivity index (χ3v) is 3.56. The third kappa shape index (κ3) is 2.91. The summed E-state index contributed by atoms with van der Waals surface area (Å²) in [7, 11) is 0. The van der Waals surface area contributed by atoms with Gasteiger partial charge >= 0.3 is 0 Å². The van der Waals surface area contributed by atoms with Gasteiger partial charge in [-0.1, -0.05) is 61.6 Å². The number of benzene rings is 1. The lowest BCUT2D eigenvalue weighted by molar-refractivity contribution is 0.0998. The predicted octanol–water partition coefficient (Wildman–Crippen LogP) is 5.02. The van der Waals surface area contributed by atoms with Crippen molar-refractivity contribution in [1.29, 1.82) is 0 Å². The molecule has 0 radical (unpaired) electrons. The molecule has 0 atom stereocenters. The minimum absolute atomic E-state index is 0.00817. The molecule has 102 valence electrons. The van der Waals surface area contributed by atoms with E-state index in [2.05, 4.69) is 25.8 Å². The first kappa shape index (κ1) is 14.7. The molecule has 1 aromatic carbocycles. The van der Waals surface area contributed by atoms with Gasteiger partial charge in [0, 0.05) is 22.7 Å². The SMILES string of the molecule is CC(C)(C)c1ccc2[nH]cc(C(=O)C(Cl)(Cl)Cl)c2c1. The van der Waals surface area contributed by atoms with E-state index in [0.717, 1.165) is 16.5 Å². The van der Waals surface area contributed by atoms with Crippen LogP contribution in [0.25, 0.3) is 10.9 Å². The maximum absolute atomic E-state index is 12.1. The number of halogens is 3. The fourth-order valence-corrected chi connectivity index (χ4v) is 2.23. The van der Waals surface area contributed by atoms with Gasteiger partial charge in [0.05, 0.1) is 0 Å². The Hall–Kier alpha value is -0.700. The first-order valence-corrected chi connectivity index (χ1v) is 6.97. The van der Waals surface area contributed by atoms with Crippen LogP contribution in [0.3, 0.4) is 0 Å². The summed E-state index contributed by atoms with van der Waals surface area (Å²) < 4.78 is -1.94. The molecule has 1 N–H and O–H groups in total.